The third-order valence-electron chi connectivity index (χ3n) is 3.87. The maximum absolute atomic E-state index is 11.8. The van der Waals surface area contributed by atoms with E-state index in [1.807, 2.05) is 0 Å². The molecule has 0 aliphatic heterocycles. The Balaban J connectivity index is 1.79. The first kappa shape index (κ1) is 9.23. The van der Waals surface area contributed by atoms with Crippen LogP contribution in [0.25, 0.3) is 0 Å². The maximum Gasteiger partial charge on any atom is 0.136 e. The van der Waals surface area contributed by atoms with Crippen molar-refractivity contribution in [2.75, 3.05) is 0 Å². The van der Waals surface area contributed by atoms with Gasteiger partial charge in [0.15, 0.2) is 0 Å². The fraction of sp³-hybridized carbons (Fsp3) is 0.917. The van der Waals surface area contributed by atoms with Crippen molar-refractivity contribution in [3.05, 3.63) is 0 Å². The van der Waals surface area contributed by atoms with Crippen LogP contribution in [-0.2, 0) is 4.79 Å². The molecule has 1 nitrogen and oxygen atoms in total. The molecule has 0 spiro atoms. The first-order chi connectivity index (χ1) is 6.09. The summed E-state index contributed by atoms with van der Waals surface area (Å²) in [6.07, 6.45) is 7.34. The monoisotopic (exact) mass is 180 g/mol. The Hall–Kier alpha value is -0.330. The Morgan fingerprint density at radius 3 is 2.31 bits per heavy atom. The van der Waals surface area contributed by atoms with E-state index < -0.39 is 0 Å². The van der Waals surface area contributed by atoms with Gasteiger partial charge >= 0.3 is 0 Å². The number of hydrogen-bond acceptors (Lipinski definition) is 1. The molecule has 0 amide bonds. The summed E-state index contributed by atoms with van der Waals surface area (Å²) < 4.78 is 0. The molecule has 0 aromatic heterocycles. The second kappa shape index (κ2) is 3.11. The average molecular weight is 180 g/mol. The molecule has 2 aliphatic carbocycles. The van der Waals surface area contributed by atoms with E-state index in [9.17, 15) is 4.79 Å². The van der Waals surface area contributed by atoms with Crippen LogP contribution < -0.4 is 0 Å². The molecule has 1 atom stereocenters. The summed E-state index contributed by atoms with van der Waals surface area (Å²) in [5, 5.41) is 0. The fourth-order valence-electron chi connectivity index (χ4n) is 2.66. The largest absolute Gasteiger partial charge is 0.299 e. The highest BCUT2D eigenvalue weighted by Crippen LogP contribution is 2.53. The van der Waals surface area contributed by atoms with Gasteiger partial charge in [-0.2, -0.15) is 0 Å². The highest BCUT2D eigenvalue weighted by atomic mass is 16.1. The third kappa shape index (κ3) is 1.95. The Bertz CT molecular complexity index is 211. The van der Waals surface area contributed by atoms with Crippen LogP contribution >= 0.6 is 0 Å². The number of carbonyl (C=O) groups is 1. The van der Waals surface area contributed by atoms with E-state index in [-0.39, 0.29) is 0 Å². The SMILES string of the molecule is CC1(C)CC1C(=O)CC1CCCC1. The minimum Gasteiger partial charge on any atom is -0.299 e. The van der Waals surface area contributed by atoms with Crippen molar-refractivity contribution in [1.82, 2.24) is 0 Å². The minimum atomic E-state index is 0.343. The van der Waals surface area contributed by atoms with E-state index in [1.54, 1.807) is 0 Å². The number of Topliss-reactive ketones (excluding diaryl/α,β-unsaturated/α-hetero) is 1. The van der Waals surface area contributed by atoms with Gasteiger partial charge in [0.25, 0.3) is 0 Å². The zero-order valence-corrected chi connectivity index (χ0v) is 8.81. The topological polar surface area (TPSA) is 17.1 Å². The summed E-state index contributed by atoms with van der Waals surface area (Å²) in [6.45, 7) is 4.43. The van der Waals surface area contributed by atoms with Crippen molar-refractivity contribution in [3.63, 3.8) is 0 Å². The van der Waals surface area contributed by atoms with Gasteiger partial charge in [0.1, 0.15) is 5.78 Å². The third-order valence-corrected chi connectivity index (χ3v) is 3.87. The molecule has 74 valence electrons. The summed E-state index contributed by atoms with van der Waals surface area (Å²) in [5.74, 6) is 1.70. The second-order valence-electron chi connectivity index (χ2n) is 5.57. The first-order valence-corrected chi connectivity index (χ1v) is 5.62. The molecule has 0 aromatic rings. The summed E-state index contributed by atoms with van der Waals surface area (Å²) in [5.41, 5.74) is 0.343. The predicted molar refractivity (Wildman–Crippen MR) is 53.5 cm³/mol. The van der Waals surface area contributed by atoms with Gasteiger partial charge in [-0.1, -0.05) is 39.5 Å². The zero-order chi connectivity index (χ0) is 9.47. The van der Waals surface area contributed by atoms with Gasteiger partial charge in [0, 0.05) is 12.3 Å². The van der Waals surface area contributed by atoms with Crippen LogP contribution in [0.2, 0.25) is 0 Å². The van der Waals surface area contributed by atoms with Crippen LogP contribution in [-0.4, -0.2) is 5.78 Å². The summed E-state index contributed by atoms with van der Waals surface area (Å²) >= 11 is 0. The Morgan fingerprint density at radius 1 is 1.31 bits per heavy atom. The fourth-order valence-corrected chi connectivity index (χ4v) is 2.66. The standard InChI is InChI=1S/C12H20O/c1-12(2)8-10(12)11(13)7-9-5-3-4-6-9/h9-10H,3-8H2,1-2H3. The molecule has 2 saturated carbocycles. The Morgan fingerprint density at radius 2 is 1.85 bits per heavy atom. The summed E-state index contributed by atoms with van der Waals surface area (Å²) in [4.78, 5) is 11.8. The molecule has 13 heavy (non-hydrogen) atoms. The van der Waals surface area contributed by atoms with Gasteiger partial charge in [-0.3, -0.25) is 4.79 Å². The quantitative estimate of drug-likeness (QED) is 0.652. The lowest BCUT2D eigenvalue weighted by atomic mass is 9.96. The van der Waals surface area contributed by atoms with Gasteiger partial charge in [-0.05, 0) is 17.8 Å². The van der Waals surface area contributed by atoms with E-state index in [4.69, 9.17) is 0 Å². The van der Waals surface area contributed by atoms with Crippen LogP contribution in [0.5, 0.6) is 0 Å². The minimum absolute atomic E-state index is 0.343. The van der Waals surface area contributed by atoms with E-state index in [2.05, 4.69) is 13.8 Å². The van der Waals surface area contributed by atoms with Crippen LogP contribution in [0.4, 0.5) is 0 Å². The molecule has 0 saturated heterocycles. The Kier molecular flexibility index (Phi) is 2.21. The molecule has 0 heterocycles. The number of rotatable bonds is 3. The van der Waals surface area contributed by atoms with E-state index >= 15 is 0 Å². The van der Waals surface area contributed by atoms with Crippen molar-refractivity contribution in [2.24, 2.45) is 17.3 Å². The zero-order valence-electron chi connectivity index (χ0n) is 8.81. The molecule has 0 aromatic carbocycles. The van der Waals surface area contributed by atoms with Crippen LogP contribution in [0.1, 0.15) is 52.4 Å². The van der Waals surface area contributed by atoms with Gasteiger partial charge in [0.05, 0.1) is 0 Å². The van der Waals surface area contributed by atoms with E-state index in [1.165, 1.54) is 25.7 Å². The molecule has 2 rings (SSSR count). The van der Waals surface area contributed by atoms with E-state index in [0.717, 1.165) is 18.8 Å². The number of carbonyl (C=O) groups excluding carboxylic acids is 1. The molecule has 1 heteroatoms. The first-order valence-electron chi connectivity index (χ1n) is 5.62. The second-order valence-corrected chi connectivity index (χ2v) is 5.57. The van der Waals surface area contributed by atoms with Crippen molar-refractivity contribution in [2.45, 2.75) is 52.4 Å². The highest BCUT2D eigenvalue weighted by molar-refractivity contribution is 5.84. The maximum atomic E-state index is 11.8. The predicted octanol–water partition coefficient (Wildman–Crippen LogP) is 3.18. The molecule has 1 unspecified atom stereocenters. The lowest BCUT2D eigenvalue weighted by Gasteiger charge is -2.08. The molecule has 0 bridgehead atoms. The van der Waals surface area contributed by atoms with Crippen LogP contribution in [0, 0.1) is 17.3 Å². The lowest BCUT2D eigenvalue weighted by Crippen LogP contribution is -2.10. The average Bonchev–Trinajstić information content (AvgIpc) is 2.49. The number of ketones is 1. The molecule has 2 fully saturated rings. The van der Waals surface area contributed by atoms with Crippen LogP contribution in [0.15, 0.2) is 0 Å². The summed E-state index contributed by atoms with van der Waals surface area (Å²) in [7, 11) is 0. The molecule has 0 radical (unpaired) electrons. The molecular formula is C12H20O. The van der Waals surface area contributed by atoms with Gasteiger partial charge in [-0.25, -0.2) is 0 Å². The molecule has 0 N–H and O–H groups in total. The van der Waals surface area contributed by atoms with Crippen LogP contribution in [0.3, 0.4) is 0 Å². The molecule has 2 aliphatic rings. The van der Waals surface area contributed by atoms with Crippen molar-refractivity contribution < 1.29 is 4.79 Å². The Labute approximate surface area is 80.9 Å². The van der Waals surface area contributed by atoms with Crippen molar-refractivity contribution >= 4 is 5.78 Å². The normalized spacial score (nSPS) is 32.0. The molecular weight excluding hydrogens is 160 g/mol. The number of hydrogen-bond donors (Lipinski definition) is 0. The smallest absolute Gasteiger partial charge is 0.136 e. The van der Waals surface area contributed by atoms with Gasteiger partial charge < -0.3 is 0 Å². The van der Waals surface area contributed by atoms with Crippen molar-refractivity contribution in [3.8, 4) is 0 Å². The van der Waals surface area contributed by atoms with Gasteiger partial charge in [0.2, 0.25) is 0 Å². The lowest BCUT2D eigenvalue weighted by molar-refractivity contribution is -0.121. The van der Waals surface area contributed by atoms with Crippen molar-refractivity contribution in [1.29, 1.82) is 0 Å². The summed E-state index contributed by atoms with van der Waals surface area (Å²) in [6, 6.07) is 0. The van der Waals surface area contributed by atoms with Gasteiger partial charge in [-0.15, -0.1) is 0 Å². The van der Waals surface area contributed by atoms with E-state index in [0.29, 0.717) is 17.1 Å². The highest BCUT2D eigenvalue weighted by Gasteiger charge is 2.50.